The number of nitrogens with one attached hydrogen (secondary N) is 1. The standard InChI is InChI=1S/C16H26N2O3/c1-2-21-15-7-5-6-13(16(15)20)10-17-11-14(19)12-18-8-3-4-9-18/h5-7,14,17,19-20H,2-4,8-12H2,1H3. The number of aliphatic hydroxyl groups excluding tert-OH is 1. The molecule has 1 unspecified atom stereocenters. The second-order valence-corrected chi connectivity index (χ2v) is 5.49. The Labute approximate surface area is 126 Å². The molecule has 0 aliphatic carbocycles. The molecule has 1 fully saturated rings. The second-order valence-electron chi connectivity index (χ2n) is 5.49. The molecule has 1 aromatic carbocycles. The van der Waals surface area contributed by atoms with Crippen LogP contribution in [0.4, 0.5) is 0 Å². The minimum absolute atomic E-state index is 0.181. The molecule has 0 aromatic heterocycles. The van der Waals surface area contributed by atoms with Gasteiger partial charge in [-0.2, -0.15) is 0 Å². The third kappa shape index (κ3) is 4.88. The van der Waals surface area contributed by atoms with Gasteiger partial charge in [0.25, 0.3) is 0 Å². The van der Waals surface area contributed by atoms with Gasteiger partial charge in [0.05, 0.1) is 12.7 Å². The van der Waals surface area contributed by atoms with E-state index in [0.29, 0.717) is 25.4 Å². The Morgan fingerprint density at radius 3 is 2.81 bits per heavy atom. The van der Waals surface area contributed by atoms with Gasteiger partial charge in [-0.1, -0.05) is 12.1 Å². The highest BCUT2D eigenvalue weighted by atomic mass is 16.5. The topological polar surface area (TPSA) is 65.0 Å². The number of benzene rings is 1. The molecule has 0 amide bonds. The number of hydrogen-bond donors (Lipinski definition) is 3. The summed E-state index contributed by atoms with van der Waals surface area (Å²) in [5.74, 6) is 0.690. The van der Waals surface area contributed by atoms with Crippen LogP contribution in [0.2, 0.25) is 0 Å². The molecule has 0 spiro atoms. The number of para-hydroxylation sites is 1. The molecular weight excluding hydrogens is 268 g/mol. The molecule has 1 atom stereocenters. The largest absolute Gasteiger partial charge is 0.504 e. The molecule has 0 saturated carbocycles. The first-order valence-electron chi connectivity index (χ1n) is 7.75. The van der Waals surface area contributed by atoms with E-state index in [0.717, 1.165) is 25.2 Å². The van der Waals surface area contributed by atoms with Crippen molar-refractivity contribution in [2.75, 3.05) is 32.8 Å². The van der Waals surface area contributed by atoms with Crippen molar-refractivity contribution in [2.24, 2.45) is 0 Å². The third-order valence-electron chi connectivity index (χ3n) is 3.75. The van der Waals surface area contributed by atoms with E-state index in [1.54, 1.807) is 6.07 Å². The Morgan fingerprint density at radius 1 is 1.33 bits per heavy atom. The van der Waals surface area contributed by atoms with E-state index in [4.69, 9.17) is 4.74 Å². The van der Waals surface area contributed by atoms with Gasteiger partial charge in [0.15, 0.2) is 11.5 Å². The van der Waals surface area contributed by atoms with Crippen LogP contribution in [-0.2, 0) is 6.54 Å². The van der Waals surface area contributed by atoms with E-state index in [1.165, 1.54) is 12.8 Å². The van der Waals surface area contributed by atoms with Crippen LogP contribution in [0.25, 0.3) is 0 Å². The van der Waals surface area contributed by atoms with Crippen LogP contribution in [-0.4, -0.2) is 54.0 Å². The van der Waals surface area contributed by atoms with Crippen molar-refractivity contribution >= 4 is 0 Å². The SMILES string of the molecule is CCOc1cccc(CNCC(O)CN2CCCC2)c1O. The highest BCUT2D eigenvalue weighted by molar-refractivity contribution is 5.45. The number of rotatable bonds is 8. The lowest BCUT2D eigenvalue weighted by Crippen LogP contribution is -2.36. The van der Waals surface area contributed by atoms with Crippen molar-refractivity contribution in [2.45, 2.75) is 32.4 Å². The summed E-state index contributed by atoms with van der Waals surface area (Å²) in [4.78, 5) is 2.29. The maximum absolute atomic E-state index is 10.1. The number of aromatic hydroxyl groups is 1. The molecule has 1 saturated heterocycles. The molecule has 2 rings (SSSR count). The molecule has 1 aliphatic rings. The lowest BCUT2D eigenvalue weighted by Gasteiger charge is -2.19. The Bertz CT molecular complexity index is 434. The molecule has 0 radical (unpaired) electrons. The van der Waals surface area contributed by atoms with Crippen LogP contribution in [0, 0.1) is 0 Å². The van der Waals surface area contributed by atoms with E-state index in [-0.39, 0.29) is 11.9 Å². The molecule has 3 N–H and O–H groups in total. The minimum atomic E-state index is -0.375. The summed E-state index contributed by atoms with van der Waals surface area (Å²) < 4.78 is 5.36. The predicted octanol–water partition coefficient (Wildman–Crippen LogP) is 1.34. The van der Waals surface area contributed by atoms with E-state index in [9.17, 15) is 10.2 Å². The number of hydrogen-bond acceptors (Lipinski definition) is 5. The highest BCUT2D eigenvalue weighted by Crippen LogP contribution is 2.29. The van der Waals surface area contributed by atoms with Gasteiger partial charge in [-0.3, -0.25) is 0 Å². The Kier molecular flexibility index (Phi) is 6.29. The van der Waals surface area contributed by atoms with Crippen molar-refractivity contribution in [3.05, 3.63) is 23.8 Å². The van der Waals surface area contributed by atoms with Crippen molar-refractivity contribution in [1.82, 2.24) is 10.2 Å². The van der Waals surface area contributed by atoms with E-state index in [2.05, 4.69) is 10.2 Å². The average Bonchev–Trinajstić information content (AvgIpc) is 2.96. The van der Waals surface area contributed by atoms with Crippen LogP contribution in [0.5, 0.6) is 11.5 Å². The molecule has 5 nitrogen and oxygen atoms in total. The van der Waals surface area contributed by atoms with Crippen molar-refractivity contribution in [1.29, 1.82) is 0 Å². The molecule has 1 heterocycles. The number of phenols is 1. The summed E-state index contributed by atoms with van der Waals surface area (Å²) in [5.41, 5.74) is 0.786. The summed E-state index contributed by atoms with van der Waals surface area (Å²) in [5, 5.41) is 23.3. The first-order chi connectivity index (χ1) is 10.2. The van der Waals surface area contributed by atoms with Crippen LogP contribution in [0.3, 0.4) is 0 Å². The zero-order valence-electron chi connectivity index (χ0n) is 12.7. The van der Waals surface area contributed by atoms with Gasteiger partial charge >= 0.3 is 0 Å². The zero-order chi connectivity index (χ0) is 15.1. The Morgan fingerprint density at radius 2 is 2.10 bits per heavy atom. The fourth-order valence-electron chi connectivity index (χ4n) is 2.68. The van der Waals surface area contributed by atoms with Gasteiger partial charge in [-0.15, -0.1) is 0 Å². The molecule has 118 valence electrons. The molecule has 21 heavy (non-hydrogen) atoms. The maximum Gasteiger partial charge on any atom is 0.162 e. The molecule has 1 aromatic rings. The van der Waals surface area contributed by atoms with Crippen molar-refractivity contribution in [3.63, 3.8) is 0 Å². The first-order valence-corrected chi connectivity index (χ1v) is 7.75. The van der Waals surface area contributed by atoms with Gasteiger partial charge in [0, 0.05) is 25.2 Å². The lowest BCUT2D eigenvalue weighted by atomic mass is 10.2. The summed E-state index contributed by atoms with van der Waals surface area (Å²) in [6.45, 7) is 6.36. The number of aliphatic hydroxyl groups is 1. The molecule has 1 aliphatic heterocycles. The van der Waals surface area contributed by atoms with Crippen LogP contribution >= 0.6 is 0 Å². The Balaban J connectivity index is 1.76. The molecular formula is C16H26N2O3. The lowest BCUT2D eigenvalue weighted by molar-refractivity contribution is 0.123. The smallest absolute Gasteiger partial charge is 0.162 e. The summed E-state index contributed by atoms with van der Waals surface area (Å²) in [6, 6.07) is 5.48. The normalized spacial score (nSPS) is 17.0. The minimum Gasteiger partial charge on any atom is -0.504 e. The molecule has 0 bridgehead atoms. The number of phenolic OH excluding ortho intramolecular Hbond substituents is 1. The van der Waals surface area contributed by atoms with Crippen LogP contribution < -0.4 is 10.1 Å². The first kappa shape index (κ1) is 16.1. The fourth-order valence-corrected chi connectivity index (χ4v) is 2.68. The number of β-amino-alcohol motifs (C(OH)–C–C–N with tert-alkyl or cyclic N) is 1. The van der Waals surface area contributed by atoms with Crippen molar-refractivity contribution in [3.8, 4) is 11.5 Å². The van der Waals surface area contributed by atoms with E-state index < -0.39 is 0 Å². The van der Waals surface area contributed by atoms with E-state index in [1.807, 2.05) is 19.1 Å². The summed E-state index contributed by atoms with van der Waals surface area (Å²) >= 11 is 0. The zero-order valence-corrected chi connectivity index (χ0v) is 12.7. The van der Waals surface area contributed by atoms with Gasteiger partial charge in [0.2, 0.25) is 0 Å². The van der Waals surface area contributed by atoms with Gasteiger partial charge in [-0.25, -0.2) is 0 Å². The number of ether oxygens (including phenoxy) is 1. The van der Waals surface area contributed by atoms with Gasteiger partial charge in [0.1, 0.15) is 0 Å². The Hall–Kier alpha value is -1.30. The third-order valence-corrected chi connectivity index (χ3v) is 3.75. The second kappa shape index (κ2) is 8.22. The highest BCUT2D eigenvalue weighted by Gasteiger charge is 2.15. The van der Waals surface area contributed by atoms with Gasteiger partial charge in [-0.05, 0) is 38.9 Å². The van der Waals surface area contributed by atoms with E-state index >= 15 is 0 Å². The maximum atomic E-state index is 10.1. The van der Waals surface area contributed by atoms with Crippen LogP contribution in [0.1, 0.15) is 25.3 Å². The number of likely N-dealkylation sites (tertiary alicyclic amines) is 1. The fraction of sp³-hybridized carbons (Fsp3) is 0.625. The summed E-state index contributed by atoms with van der Waals surface area (Å²) in [7, 11) is 0. The molecule has 5 heteroatoms. The summed E-state index contributed by atoms with van der Waals surface area (Å²) in [6.07, 6.45) is 2.09. The predicted molar refractivity (Wildman–Crippen MR) is 82.7 cm³/mol. The average molecular weight is 294 g/mol. The number of nitrogens with zero attached hydrogens (tertiary/aromatic N) is 1. The van der Waals surface area contributed by atoms with Crippen LogP contribution in [0.15, 0.2) is 18.2 Å². The van der Waals surface area contributed by atoms with Crippen molar-refractivity contribution < 1.29 is 14.9 Å². The quantitative estimate of drug-likeness (QED) is 0.675. The monoisotopic (exact) mass is 294 g/mol. The van der Waals surface area contributed by atoms with Gasteiger partial charge < -0.3 is 25.2 Å².